The molecule has 2 heteroatoms. The molecule has 0 aromatic heterocycles. The SMILES string of the molecule is CO[Si](C)(C)c1cccc2ccccc12. The Hall–Kier alpha value is -1.12. The Labute approximate surface area is 91.8 Å². The summed E-state index contributed by atoms with van der Waals surface area (Å²) in [6.07, 6.45) is 0. The van der Waals surface area contributed by atoms with Gasteiger partial charge in [0.1, 0.15) is 0 Å². The molecule has 0 atom stereocenters. The third-order valence-corrected chi connectivity index (χ3v) is 5.70. The van der Waals surface area contributed by atoms with E-state index in [2.05, 4.69) is 55.6 Å². The molecule has 2 rings (SSSR count). The molecule has 2 aromatic carbocycles. The van der Waals surface area contributed by atoms with Crippen molar-refractivity contribution in [3.05, 3.63) is 42.5 Å². The van der Waals surface area contributed by atoms with Crippen LogP contribution >= 0.6 is 0 Å². The van der Waals surface area contributed by atoms with Crippen molar-refractivity contribution in [2.45, 2.75) is 13.1 Å². The van der Waals surface area contributed by atoms with Gasteiger partial charge in [0.05, 0.1) is 0 Å². The highest BCUT2D eigenvalue weighted by Crippen LogP contribution is 2.15. The van der Waals surface area contributed by atoms with E-state index >= 15 is 0 Å². The lowest BCUT2D eigenvalue weighted by Crippen LogP contribution is -2.44. The molecule has 0 heterocycles. The van der Waals surface area contributed by atoms with Crippen LogP contribution in [-0.4, -0.2) is 15.4 Å². The quantitative estimate of drug-likeness (QED) is 0.701. The Morgan fingerprint density at radius 2 is 1.60 bits per heavy atom. The van der Waals surface area contributed by atoms with E-state index in [-0.39, 0.29) is 0 Å². The van der Waals surface area contributed by atoms with E-state index in [1.807, 2.05) is 7.11 Å². The van der Waals surface area contributed by atoms with Crippen molar-refractivity contribution in [1.29, 1.82) is 0 Å². The largest absolute Gasteiger partial charge is 0.416 e. The van der Waals surface area contributed by atoms with Gasteiger partial charge in [-0.1, -0.05) is 42.5 Å². The molecule has 15 heavy (non-hydrogen) atoms. The summed E-state index contributed by atoms with van der Waals surface area (Å²) in [6.45, 7) is 4.46. The van der Waals surface area contributed by atoms with Crippen molar-refractivity contribution in [3.8, 4) is 0 Å². The molecular formula is C13H16OSi. The molecule has 0 fully saturated rings. The minimum atomic E-state index is -1.72. The molecule has 0 bridgehead atoms. The van der Waals surface area contributed by atoms with Gasteiger partial charge in [0.2, 0.25) is 8.32 Å². The summed E-state index contributed by atoms with van der Waals surface area (Å²) >= 11 is 0. The zero-order chi connectivity index (χ0) is 10.9. The van der Waals surface area contributed by atoms with Gasteiger partial charge >= 0.3 is 0 Å². The van der Waals surface area contributed by atoms with E-state index in [0.29, 0.717) is 0 Å². The number of rotatable bonds is 2. The Kier molecular flexibility index (Phi) is 2.63. The second-order valence-electron chi connectivity index (χ2n) is 4.24. The lowest BCUT2D eigenvalue weighted by atomic mass is 10.1. The molecule has 1 nitrogen and oxygen atoms in total. The van der Waals surface area contributed by atoms with Gasteiger partial charge in [-0.2, -0.15) is 0 Å². The summed E-state index contributed by atoms with van der Waals surface area (Å²) in [5.41, 5.74) is 0. The molecular weight excluding hydrogens is 200 g/mol. The van der Waals surface area contributed by atoms with Crippen molar-refractivity contribution in [3.63, 3.8) is 0 Å². The predicted molar refractivity (Wildman–Crippen MR) is 68.1 cm³/mol. The standard InChI is InChI=1S/C13H16OSi/c1-14-15(2,3)13-10-6-8-11-7-4-5-9-12(11)13/h4-10H,1-3H3. The van der Waals surface area contributed by atoms with Crippen LogP contribution in [0.25, 0.3) is 10.8 Å². The fourth-order valence-corrected chi connectivity index (χ4v) is 3.45. The van der Waals surface area contributed by atoms with Crippen LogP contribution in [0.5, 0.6) is 0 Å². The summed E-state index contributed by atoms with van der Waals surface area (Å²) in [4.78, 5) is 0. The number of hydrogen-bond donors (Lipinski definition) is 0. The fraction of sp³-hybridized carbons (Fsp3) is 0.231. The topological polar surface area (TPSA) is 9.23 Å². The van der Waals surface area contributed by atoms with Crippen LogP contribution in [0.15, 0.2) is 42.5 Å². The molecule has 0 saturated carbocycles. The molecule has 78 valence electrons. The van der Waals surface area contributed by atoms with Gasteiger partial charge in [-0.15, -0.1) is 0 Å². The van der Waals surface area contributed by atoms with Crippen LogP contribution < -0.4 is 5.19 Å². The van der Waals surface area contributed by atoms with Crippen LogP contribution in [0.4, 0.5) is 0 Å². The maximum absolute atomic E-state index is 5.67. The van der Waals surface area contributed by atoms with Crippen molar-refractivity contribution < 1.29 is 4.43 Å². The maximum Gasteiger partial charge on any atom is 0.218 e. The third-order valence-electron chi connectivity index (χ3n) is 2.95. The predicted octanol–water partition coefficient (Wildman–Crippen LogP) is 2.90. The van der Waals surface area contributed by atoms with Gasteiger partial charge in [0.15, 0.2) is 0 Å². The second kappa shape index (κ2) is 3.80. The van der Waals surface area contributed by atoms with Crippen LogP contribution in [-0.2, 0) is 4.43 Å². The molecule has 0 N–H and O–H groups in total. The average molecular weight is 216 g/mol. The van der Waals surface area contributed by atoms with E-state index in [4.69, 9.17) is 4.43 Å². The highest BCUT2D eigenvalue weighted by Gasteiger charge is 2.25. The first-order chi connectivity index (χ1) is 7.15. The maximum atomic E-state index is 5.67. The summed E-state index contributed by atoms with van der Waals surface area (Å²) < 4.78 is 5.67. The van der Waals surface area contributed by atoms with Gasteiger partial charge in [0.25, 0.3) is 0 Å². The minimum Gasteiger partial charge on any atom is -0.416 e. The van der Waals surface area contributed by atoms with Crippen LogP contribution in [0.3, 0.4) is 0 Å². The monoisotopic (exact) mass is 216 g/mol. The number of fused-ring (bicyclic) bond motifs is 1. The lowest BCUT2D eigenvalue weighted by Gasteiger charge is -2.22. The number of benzene rings is 2. The van der Waals surface area contributed by atoms with E-state index in [1.165, 1.54) is 16.0 Å². The van der Waals surface area contributed by atoms with Crippen molar-refractivity contribution in [2.75, 3.05) is 7.11 Å². The molecule has 0 spiro atoms. The summed E-state index contributed by atoms with van der Waals surface area (Å²) in [6, 6.07) is 15.0. The van der Waals surface area contributed by atoms with Gasteiger partial charge in [-0.05, 0) is 29.1 Å². The van der Waals surface area contributed by atoms with E-state index < -0.39 is 8.32 Å². The zero-order valence-electron chi connectivity index (χ0n) is 9.45. The summed E-state index contributed by atoms with van der Waals surface area (Å²) in [5.74, 6) is 0. The minimum absolute atomic E-state index is 1.30. The molecule has 0 saturated heterocycles. The van der Waals surface area contributed by atoms with E-state index in [1.54, 1.807) is 0 Å². The number of hydrogen-bond acceptors (Lipinski definition) is 1. The molecule has 2 aromatic rings. The molecule has 0 aliphatic rings. The van der Waals surface area contributed by atoms with Crippen molar-refractivity contribution >= 4 is 24.3 Å². The van der Waals surface area contributed by atoms with Crippen molar-refractivity contribution in [1.82, 2.24) is 0 Å². The first kappa shape index (κ1) is 10.4. The van der Waals surface area contributed by atoms with Gasteiger partial charge in [-0.25, -0.2) is 0 Å². The zero-order valence-corrected chi connectivity index (χ0v) is 10.4. The Bertz CT molecular complexity index is 471. The molecule has 0 aliphatic heterocycles. The second-order valence-corrected chi connectivity index (χ2v) is 8.21. The summed E-state index contributed by atoms with van der Waals surface area (Å²) in [7, 11) is 0.0957. The lowest BCUT2D eigenvalue weighted by molar-refractivity contribution is 0.416. The van der Waals surface area contributed by atoms with E-state index in [0.717, 1.165) is 0 Å². The Morgan fingerprint density at radius 3 is 2.33 bits per heavy atom. The van der Waals surface area contributed by atoms with E-state index in [9.17, 15) is 0 Å². The molecule has 0 aliphatic carbocycles. The van der Waals surface area contributed by atoms with Gasteiger partial charge in [0, 0.05) is 7.11 Å². The molecule has 0 radical (unpaired) electrons. The van der Waals surface area contributed by atoms with Crippen LogP contribution in [0, 0.1) is 0 Å². The van der Waals surface area contributed by atoms with Crippen LogP contribution in [0.2, 0.25) is 13.1 Å². The Morgan fingerprint density at radius 1 is 0.933 bits per heavy atom. The third kappa shape index (κ3) is 1.83. The fourth-order valence-electron chi connectivity index (χ4n) is 1.86. The highest BCUT2D eigenvalue weighted by atomic mass is 28.4. The first-order valence-corrected chi connectivity index (χ1v) is 8.09. The normalized spacial score (nSPS) is 11.9. The van der Waals surface area contributed by atoms with Crippen molar-refractivity contribution in [2.24, 2.45) is 0 Å². The molecule has 0 amide bonds. The highest BCUT2D eigenvalue weighted by molar-refractivity contribution is 6.86. The first-order valence-electron chi connectivity index (χ1n) is 5.18. The van der Waals surface area contributed by atoms with Gasteiger partial charge in [-0.3, -0.25) is 0 Å². The smallest absolute Gasteiger partial charge is 0.218 e. The summed E-state index contributed by atoms with van der Waals surface area (Å²) in [5, 5.41) is 4.01. The van der Waals surface area contributed by atoms with Crippen LogP contribution in [0.1, 0.15) is 0 Å². The van der Waals surface area contributed by atoms with Gasteiger partial charge < -0.3 is 4.43 Å². The average Bonchev–Trinajstić information content (AvgIpc) is 2.28. The molecule has 0 unspecified atom stereocenters. The Balaban J connectivity index is 2.71.